The predicted molar refractivity (Wildman–Crippen MR) is 62.0 cm³/mol. The molecule has 1 aromatic heterocycles. The van der Waals surface area contributed by atoms with Crippen LogP contribution in [0.1, 0.15) is 12.5 Å². The lowest BCUT2D eigenvalue weighted by Gasteiger charge is -2.32. The van der Waals surface area contributed by atoms with Gasteiger partial charge in [-0.1, -0.05) is 0 Å². The van der Waals surface area contributed by atoms with E-state index in [1.807, 2.05) is 17.0 Å². The maximum Gasteiger partial charge on any atom is 0.227 e. The second-order valence-electron chi connectivity index (χ2n) is 4.23. The lowest BCUT2D eigenvalue weighted by Crippen LogP contribution is -2.51. The van der Waals surface area contributed by atoms with Crippen molar-refractivity contribution >= 4 is 5.91 Å². The third-order valence-electron chi connectivity index (χ3n) is 2.83. The first-order valence-corrected chi connectivity index (χ1v) is 5.66. The van der Waals surface area contributed by atoms with Crippen molar-refractivity contribution in [3.05, 3.63) is 30.1 Å². The standard InChI is InChI=1S/C12H17N3O/c1-10-9-15(7-6-14-10)12(16)8-11-2-4-13-5-3-11/h2-5,10,14H,6-9H2,1H3. The highest BCUT2D eigenvalue weighted by Crippen LogP contribution is 2.04. The fourth-order valence-electron chi connectivity index (χ4n) is 1.95. The summed E-state index contributed by atoms with van der Waals surface area (Å²) >= 11 is 0. The van der Waals surface area contributed by atoms with E-state index in [0.29, 0.717) is 12.5 Å². The smallest absolute Gasteiger partial charge is 0.227 e. The highest BCUT2D eigenvalue weighted by Gasteiger charge is 2.20. The van der Waals surface area contributed by atoms with Gasteiger partial charge in [0, 0.05) is 38.1 Å². The molecule has 1 saturated heterocycles. The molecule has 16 heavy (non-hydrogen) atoms. The van der Waals surface area contributed by atoms with Crippen molar-refractivity contribution in [2.24, 2.45) is 0 Å². The van der Waals surface area contributed by atoms with Gasteiger partial charge in [0.15, 0.2) is 0 Å². The summed E-state index contributed by atoms with van der Waals surface area (Å²) in [4.78, 5) is 17.9. The molecule has 1 aliphatic rings. The third-order valence-corrected chi connectivity index (χ3v) is 2.83. The molecular weight excluding hydrogens is 202 g/mol. The van der Waals surface area contributed by atoms with E-state index in [0.717, 1.165) is 25.2 Å². The van der Waals surface area contributed by atoms with Gasteiger partial charge in [0.2, 0.25) is 5.91 Å². The van der Waals surface area contributed by atoms with Crippen molar-refractivity contribution in [1.82, 2.24) is 15.2 Å². The van der Waals surface area contributed by atoms with Gasteiger partial charge in [0.05, 0.1) is 6.42 Å². The zero-order valence-electron chi connectivity index (χ0n) is 9.52. The van der Waals surface area contributed by atoms with Gasteiger partial charge in [0.25, 0.3) is 0 Å². The zero-order chi connectivity index (χ0) is 11.4. The highest BCUT2D eigenvalue weighted by atomic mass is 16.2. The number of rotatable bonds is 2. The van der Waals surface area contributed by atoms with Crippen molar-refractivity contribution in [1.29, 1.82) is 0 Å². The number of carbonyl (C=O) groups is 1. The normalized spacial score (nSPS) is 20.8. The van der Waals surface area contributed by atoms with Gasteiger partial charge >= 0.3 is 0 Å². The van der Waals surface area contributed by atoms with E-state index in [2.05, 4.69) is 17.2 Å². The van der Waals surface area contributed by atoms with E-state index >= 15 is 0 Å². The van der Waals surface area contributed by atoms with Crippen molar-refractivity contribution < 1.29 is 4.79 Å². The van der Waals surface area contributed by atoms with Crippen LogP contribution in [0.15, 0.2) is 24.5 Å². The number of nitrogens with zero attached hydrogens (tertiary/aromatic N) is 2. The SMILES string of the molecule is CC1CN(C(=O)Cc2ccncc2)CCN1. The average molecular weight is 219 g/mol. The number of amides is 1. The van der Waals surface area contributed by atoms with Crippen molar-refractivity contribution in [2.45, 2.75) is 19.4 Å². The van der Waals surface area contributed by atoms with Crippen LogP contribution in [-0.2, 0) is 11.2 Å². The molecule has 0 saturated carbocycles. The van der Waals surface area contributed by atoms with E-state index in [4.69, 9.17) is 0 Å². The first kappa shape index (κ1) is 11.1. The Balaban J connectivity index is 1.93. The number of pyridine rings is 1. The number of nitrogens with one attached hydrogen (secondary N) is 1. The Bertz CT molecular complexity index is 353. The monoisotopic (exact) mass is 219 g/mol. The largest absolute Gasteiger partial charge is 0.340 e. The zero-order valence-corrected chi connectivity index (χ0v) is 9.52. The minimum atomic E-state index is 0.208. The van der Waals surface area contributed by atoms with Crippen LogP contribution in [-0.4, -0.2) is 41.5 Å². The quantitative estimate of drug-likeness (QED) is 0.785. The summed E-state index contributed by atoms with van der Waals surface area (Å²) in [5.74, 6) is 0.208. The molecule has 1 atom stereocenters. The number of hydrogen-bond acceptors (Lipinski definition) is 3. The van der Waals surface area contributed by atoms with Crippen molar-refractivity contribution in [3.63, 3.8) is 0 Å². The van der Waals surface area contributed by atoms with Crippen molar-refractivity contribution in [2.75, 3.05) is 19.6 Å². The molecule has 2 heterocycles. The van der Waals surface area contributed by atoms with Crippen LogP contribution in [0.25, 0.3) is 0 Å². The molecule has 0 aliphatic carbocycles. The van der Waals surface area contributed by atoms with Gasteiger partial charge in [-0.25, -0.2) is 0 Å². The average Bonchev–Trinajstić information content (AvgIpc) is 2.30. The van der Waals surface area contributed by atoms with Gasteiger partial charge in [0.1, 0.15) is 0 Å². The van der Waals surface area contributed by atoms with Crippen LogP contribution < -0.4 is 5.32 Å². The lowest BCUT2D eigenvalue weighted by molar-refractivity contribution is -0.131. The Kier molecular flexibility index (Phi) is 3.51. The Hall–Kier alpha value is -1.42. The summed E-state index contributed by atoms with van der Waals surface area (Å²) in [5.41, 5.74) is 1.03. The molecule has 1 amide bonds. The minimum absolute atomic E-state index is 0.208. The van der Waals surface area contributed by atoms with E-state index in [9.17, 15) is 4.79 Å². The molecule has 1 aliphatic heterocycles. The molecule has 1 N–H and O–H groups in total. The van der Waals surface area contributed by atoms with E-state index in [1.165, 1.54) is 0 Å². The van der Waals surface area contributed by atoms with Crippen LogP contribution in [0.3, 0.4) is 0 Å². The summed E-state index contributed by atoms with van der Waals surface area (Å²) < 4.78 is 0. The molecule has 1 unspecified atom stereocenters. The topological polar surface area (TPSA) is 45.2 Å². The van der Waals surface area contributed by atoms with E-state index < -0.39 is 0 Å². The third kappa shape index (κ3) is 2.79. The fraction of sp³-hybridized carbons (Fsp3) is 0.500. The Morgan fingerprint density at radius 3 is 3.00 bits per heavy atom. The maximum atomic E-state index is 12.0. The number of aromatic nitrogens is 1. The lowest BCUT2D eigenvalue weighted by atomic mass is 10.1. The molecule has 86 valence electrons. The van der Waals surface area contributed by atoms with Crippen LogP contribution in [0.4, 0.5) is 0 Å². The maximum absolute atomic E-state index is 12.0. The molecule has 2 rings (SSSR count). The molecule has 0 aromatic carbocycles. The summed E-state index contributed by atoms with van der Waals surface area (Å²) in [6.45, 7) is 4.62. The molecule has 1 fully saturated rings. The first-order valence-electron chi connectivity index (χ1n) is 5.66. The van der Waals surface area contributed by atoms with Crippen LogP contribution >= 0.6 is 0 Å². The van der Waals surface area contributed by atoms with Gasteiger partial charge in [-0.2, -0.15) is 0 Å². The summed E-state index contributed by atoms with van der Waals surface area (Å²) in [5, 5.41) is 3.33. The van der Waals surface area contributed by atoms with Crippen LogP contribution in [0.5, 0.6) is 0 Å². The molecule has 1 aromatic rings. The number of hydrogen-bond donors (Lipinski definition) is 1. The summed E-state index contributed by atoms with van der Waals surface area (Å²) in [6.07, 6.45) is 3.93. The van der Waals surface area contributed by atoms with Crippen molar-refractivity contribution in [3.8, 4) is 0 Å². The van der Waals surface area contributed by atoms with E-state index in [-0.39, 0.29) is 5.91 Å². The predicted octanol–water partition coefficient (Wildman–Crippen LogP) is 0.444. The van der Waals surface area contributed by atoms with Gasteiger partial charge in [-0.3, -0.25) is 9.78 Å². The Morgan fingerprint density at radius 1 is 1.56 bits per heavy atom. The molecule has 0 spiro atoms. The van der Waals surface area contributed by atoms with Gasteiger partial charge in [-0.05, 0) is 24.6 Å². The second kappa shape index (κ2) is 5.07. The van der Waals surface area contributed by atoms with Gasteiger partial charge in [-0.15, -0.1) is 0 Å². The highest BCUT2D eigenvalue weighted by molar-refractivity contribution is 5.78. The van der Waals surface area contributed by atoms with Gasteiger partial charge < -0.3 is 10.2 Å². The molecule has 0 radical (unpaired) electrons. The number of piperazine rings is 1. The summed E-state index contributed by atoms with van der Waals surface area (Å²) in [7, 11) is 0. The molecule has 0 bridgehead atoms. The molecule has 4 nitrogen and oxygen atoms in total. The second-order valence-corrected chi connectivity index (χ2v) is 4.23. The Labute approximate surface area is 95.7 Å². The van der Waals surface area contributed by atoms with Crippen LogP contribution in [0.2, 0.25) is 0 Å². The molecule has 4 heteroatoms. The Morgan fingerprint density at radius 2 is 2.31 bits per heavy atom. The van der Waals surface area contributed by atoms with E-state index in [1.54, 1.807) is 12.4 Å². The molecular formula is C12H17N3O. The number of carbonyl (C=O) groups excluding carboxylic acids is 1. The first-order chi connectivity index (χ1) is 7.75. The fourth-order valence-corrected chi connectivity index (χ4v) is 1.95. The minimum Gasteiger partial charge on any atom is -0.340 e. The summed E-state index contributed by atoms with van der Waals surface area (Å²) in [6, 6.07) is 4.18. The van der Waals surface area contributed by atoms with Crippen LogP contribution in [0, 0.1) is 0 Å².